The molecule has 2 aromatic carbocycles. The van der Waals surface area contributed by atoms with Crippen LogP contribution in [0.3, 0.4) is 0 Å². The molecule has 2 rings (SSSR count). The second-order valence-electron chi connectivity index (χ2n) is 4.52. The Hall–Kier alpha value is -2.13. The van der Waals surface area contributed by atoms with Crippen molar-refractivity contribution in [3.8, 4) is 5.75 Å². The summed E-state index contributed by atoms with van der Waals surface area (Å²) in [5.41, 5.74) is 1.20. The predicted molar refractivity (Wildman–Crippen MR) is 82.3 cm³/mol. The minimum Gasteiger partial charge on any atom is -0.485 e. The summed E-state index contributed by atoms with van der Waals surface area (Å²) in [5.74, 6) is 0.518. The smallest absolute Gasteiger partial charge is 0.200 e. The first kappa shape index (κ1) is 15.3. The van der Waals surface area contributed by atoms with Gasteiger partial charge in [0.2, 0.25) is 0 Å². The zero-order chi connectivity index (χ0) is 15.2. The fourth-order valence-corrected chi connectivity index (χ4v) is 1.94. The Morgan fingerprint density at radius 2 is 1.43 bits per heavy atom. The number of Topliss-reactive ketones (excluding diaryl/α,β-unsaturated/α-hetero) is 2. The van der Waals surface area contributed by atoms with Gasteiger partial charge in [-0.25, -0.2) is 0 Å². The number of rotatable bonds is 6. The van der Waals surface area contributed by atoms with Gasteiger partial charge in [-0.3, -0.25) is 9.59 Å². The fourth-order valence-electron chi connectivity index (χ4n) is 1.81. The molecule has 0 amide bonds. The molecule has 0 bridgehead atoms. The lowest BCUT2D eigenvalue weighted by atomic mass is 10.1. The van der Waals surface area contributed by atoms with E-state index in [-0.39, 0.29) is 18.2 Å². The van der Waals surface area contributed by atoms with E-state index in [2.05, 4.69) is 0 Å². The molecule has 21 heavy (non-hydrogen) atoms. The summed E-state index contributed by atoms with van der Waals surface area (Å²) >= 11 is 5.77. The van der Waals surface area contributed by atoms with E-state index in [1.54, 1.807) is 48.5 Å². The number of halogens is 1. The third-order valence-corrected chi connectivity index (χ3v) is 3.29. The van der Waals surface area contributed by atoms with Crippen molar-refractivity contribution < 1.29 is 14.3 Å². The van der Waals surface area contributed by atoms with Gasteiger partial charge in [-0.05, 0) is 48.5 Å². The van der Waals surface area contributed by atoms with Gasteiger partial charge in [0.1, 0.15) is 5.75 Å². The van der Waals surface area contributed by atoms with Crippen LogP contribution >= 0.6 is 11.6 Å². The van der Waals surface area contributed by atoms with Crippen LogP contribution in [0.25, 0.3) is 0 Å². The highest BCUT2D eigenvalue weighted by Gasteiger charge is 2.07. The molecule has 0 saturated heterocycles. The zero-order valence-corrected chi connectivity index (χ0v) is 12.4. The monoisotopic (exact) mass is 302 g/mol. The van der Waals surface area contributed by atoms with Crippen LogP contribution in [0, 0.1) is 0 Å². The van der Waals surface area contributed by atoms with E-state index >= 15 is 0 Å². The summed E-state index contributed by atoms with van der Waals surface area (Å²) in [7, 11) is 0. The van der Waals surface area contributed by atoms with E-state index in [4.69, 9.17) is 16.3 Å². The van der Waals surface area contributed by atoms with Crippen molar-refractivity contribution in [1.82, 2.24) is 0 Å². The Morgan fingerprint density at radius 3 is 2.00 bits per heavy atom. The van der Waals surface area contributed by atoms with Gasteiger partial charge in [0.25, 0.3) is 0 Å². The van der Waals surface area contributed by atoms with E-state index in [1.165, 1.54) is 0 Å². The maximum Gasteiger partial charge on any atom is 0.200 e. The van der Waals surface area contributed by atoms with Crippen LogP contribution in [0.4, 0.5) is 0 Å². The van der Waals surface area contributed by atoms with Gasteiger partial charge in [-0.2, -0.15) is 0 Å². The third-order valence-electron chi connectivity index (χ3n) is 3.03. The van der Waals surface area contributed by atoms with Crippen molar-refractivity contribution in [1.29, 1.82) is 0 Å². The summed E-state index contributed by atoms with van der Waals surface area (Å²) in [6, 6.07) is 13.5. The van der Waals surface area contributed by atoms with Crippen molar-refractivity contribution in [2.45, 2.75) is 13.3 Å². The van der Waals surface area contributed by atoms with E-state index < -0.39 is 0 Å². The fraction of sp³-hybridized carbons (Fsp3) is 0.176. The average Bonchev–Trinajstić information content (AvgIpc) is 2.53. The molecule has 0 radical (unpaired) electrons. The van der Waals surface area contributed by atoms with Crippen molar-refractivity contribution in [2.75, 3.05) is 6.61 Å². The minimum atomic E-state index is -0.125. The van der Waals surface area contributed by atoms with Gasteiger partial charge >= 0.3 is 0 Å². The zero-order valence-electron chi connectivity index (χ0n) is 11.6. The molecule has 0 aromatic heterocycles. The van der Waals surface area contributed by atoms with Crippen molar-refractivity contribution in [3.05, 3.63) is 64.7 Å². The first-order chi connectivity index (χ1) is 10.1. The lowest BCUT2D eigenvalue weighted by Crippen LogP contribution is -2.11. The summed E-state index contributed by atoms with van der Waals surface area (Å²) in [5, 5.41) is 0.587. The second-order valence-corrected chi connectivity index (χ2v) is 4.96. The van der Waals surface area contributed by atoms with E-state index in [1.807, 2.05) is 6.92 Å². The van der Waals surface area contributed by atoms with Crippen LogP contribution in [-0.2, 0) is 0 Å². The lowest BCUT2D eigenvalue weighted by molar-refractivity contribution is 0.0920. The molecule has 0 aliphatic carbocycles. The first-order valence-electron chi connectivity index (χ1n) is 6.65. The van der Waals surface area contributed by atoms with E-state index in [0.29, 0.717) is 28.3 Å². The van der Waals surface area contributed by atoms with E-state index in [0.717, 1.165) is 0 Å². The summed E-state index contributed by atoms with van der Waals surface area (Å²) in [6.07, 6.45) is 0.468. The number of hydrogen-bond donors (Lipinski definition) is 0. The Labute approximate surface area is 128 Å². The number of ketones is 2. The Balaban J connectivity index is 1.95. The molecular weight excluding hydrogens is 288 g/mol. The molecule has 0 N–H and O–H groups in total. The molecule has 0 aliphatic rings. The highest BCUT2D eigenvalue weighted by Crippen LogP contribution is 2.15. The molecule has 0 atom stereocenters. The summed E-state index contributed by atoms with van der Waals surface area (Å²) in [6.45, 7) is 1.76. The number of carbonyl (C=O) groups is 2. The maximum absolute atomic E-state index is 11.9. The topological polar surface area (TPSA) is 43.4 Å². The molecule has 0 fully saturated rings. The molecule has 108 valence electrons. The van der Waals surface area contributed by atoms with Gasteiger partial charge < -0.3 is 4.74 Å². The average molecular weight is 303 g/mol. The molecular formula is C17H15ClO3. The van der Waals surface area contributed by atoms with Crippen LogP contribution in [0.1, 0.15) is 34.1 Å². The largest absolute Gasteiger partial charge is 0.485 e. The summed E-state index contributed by atoms with van der Waals surface area (Å²) in [4.78, 5) is 23.4. The van der Waals surface area contributed by atoms with Crippen LogP contribution in [0.2, 0.25) is 5.02 Å². The lowest BCUT2D eigenvalue weighted by Gasteiger charge is -2.06. The normalized spacial score (nSPS) is 10.2. The molecule has 0 aliphatic heterocycles. The predicted octanol–water partition coefficient (Wildman–Crippen LogP) is 4.19. The second kappa shape index (κ2) is 7.04. The SMILES string of the molecule is CCC(=O)c1ccc(OCC(=O)c2ccc(Cl)cc2)cc1. The molecule has 0 spiro atoms. The van der Waals surface area contributed by atoms with Crippen LogP contribution in [0.15, 0.2) is 48.5 Å². The van der Waals surface area contributed by atoms with Crippen LogP contribution in [0.5, 0.6) is 5.75 Å². The molecule has 0 unspecified atom stereocenters. The third kappa shape index (κ3) is 4.17. The maximum atomic E-state index is 11.9. The summed E-state index contributed by atoms with van der Waals surface area (Å²) < 4.78 is 5.43. The van der Waals surface area contributed by atoms with Crippen LogP contribution < -0.4 is 4.74 Å². The first-order valence-corrected chi connectivity index (χ1v) is 7.02. The van der Waals surface area contributed by atoms with Crippen molar-refractivity contribution >= 4 is 23.2 Å². The van der Waals surface area contributed by atoms with E-state index in [9.17, 15) is 9.59 Å². The standard InChI is InChI=1S/C17H15ClO3/c1-2-16(19)12-5-9-15(10-6-12)21-11-17(20)13-3-7-14(18)8-4-13/h3-10H,2,11H2,1H3. The van der Waals surface area contributed by atoms with Gasteiger partial charge in [-0.15, -0.1) is 0 Å². The van der Waals surface area contributed by atoms with Crippen LogP contribution in [-0.4, -0.2) is 18.2 Å². The molecule has 0 saturated carbocycles. The molecule has 0 heterocycles. The number of benzene rings is 2. The number of hydrogen-bond acceptors (Lipinski definition) is 3. The minimum absolute atomic E-state index is 0.0529. The Bertz CT molecular complexity index is 630. The van der Waals surface area contributed by atoms with Gasteiger partial charge in [0.15, 0.2) is 18.2 Å². The van der Waals surface area contributed by atoms with Crippen molar-refractivity contribution in [2.24, 2.45) is 0 Å². The number of carbonyl (C=O) groups excluding carboxylic acids is 2. The quantitative estimate of drug-likeness (QED) is 0.751. The van der Waals surface area contributed by atoms with Crippen molar-refractivity contribution in [3.63, 3.8) is 0 Å². The number of ether oxygens (including phenoxy) is 1. The highest BCUT2D eigenvalue weighted by atomic mass is 35.5. The van der Waals surface area contributed by atoms with Gasteiger partial charge in [-0.1, -0.05) is 18.5 Å². The van der Waals surface area contributed by atoms with Gasteiger partial charge in [0, 0.05) is 22.6 Å². The Kier molecular flexibility index (Phi) is 5.12. The highest BCUT2D eigenvalue weighted by molar-refractivity contribution is 6.30. The molecule has 2 aromatic rings. The molecule has 3 nitrogen and oxygen atoms in total. The van der Waals surface area contributed by atoms with Gasteiger partial charge in [0.05, 0.1) is 0 Å². The Morgan fingerprint density at radius 1 is 0.905 bits per heavy atom. The molecule has 4 heteroatoms.